The first kappa shape index (κ1) is 25.8. The van der Waals surface area contributed by atoms with Gasteiger partial charge in [0.25, 0.3) is 10.0 Å². The largest absolute Gasteiger partial charge is 0.368 e. The van der Waals surface area contributed by atoms with E-state index in [1.54, 1.807) is 23.7 Å². The average Bonchev–Trinajstić information content (AvgIpc) is 3.39. The minimum Gasteiger partial charge on any atom is -0.368 e. The van der Waals surface area contributed by atoms with Gasteiger partial charge in [0, 0.05) is 60.2 Å². The normalized spacial score (nSPS) is 18.9. The molecule has 2 aliphatic heterocycles. The van der Waals surface area contributed by atoms with E-state index >= 15 is 0 Å². The van der Waals surface area contributed by atoms with Gasteiger partial charge in [0.2, 0.25) is 5.91 Å². The molecule has 8 nitrogen and oxygen atoms in total. The van der Waals surface area contributed by atoms with E-state index in [1.165, 1.54) is 16.9 Å². The molecule has 3 aromatic rings. The van der Waals surface area contributed by atoms with Crippen molar-refractivity contribution < 1.29 is 13.2 Å². The highest BCUT2D eigenvalue weighted by molar-refractivity contribution is 7.93. The molecule has 0 bridgehead atoms. The van der Waals surface area contributed by atoms with Crippen molar-refractivity contribution in [3.63, 3.8) is 0 Å². The molecule has 1 saturated heterocycles. The van der Waals surface area contributed by atoms with Gasteiger partial charge < -0.3 is 14.7 Å². The number of carbonyl (C=O) groups excluding carboxylic acids is 1. The number of rotatable bonds is 6. The molecule has 0 saturated carbocycles. The van der Waals surface area contributed by atoms with Crippen LogP contribution in [0.15, 0.2) is 58.9 Å². The number of sulfonamides is 1. The van der Waals surface area contributed by atoms with Gasteiger partial charge in [-0.1, -0.05) is 11.6 Å². The Labute approximate surface area is 226 Å². The molecule has 5 rings (SSSR count). The molecule has 3 heterocycles. The van der Waals surface area contributed by atoms with E-state index in [0.29, 0.717) is 24.8 Å². The van der Waals surface area contributed by atoms with Gasteiger partial charge in [-0.2, -0.15) is 0 Å². The van der Waals surface area contributed by atoms with Gasteiger partial charge in [-0.05, 0) is 74.7 Å². The number of halogens is 1. The summed E-state index contributed by atoms with van der Waals surface area (Å²) in [5.41, 5.74) is 3.23. The third kappa shape index (κ3) is 5.42. The molecule has 1 N–H and O–H groups in total. The molecule has 37 heavy (non-hydrogen) atoms. The van der Waals surface area contributed by atoms with Crippen LogP contribution in [0.2, 0.25) is 5.02 Å². The fourth-order valence-corrected chi connectivity index (χ4v) is 7.16. The number of fused-ring (bicyclic) bond motifs is 1. The zero-order chi connectivity index (χ0) is 26.2. The Morgan fingerprint density at radius 3 is 2.65 bits per heavy atom. The zero-order valence-corrected chi connectivity index (χ0v) is 23.2. The highest BCUT2D eigenvalue weighted by Gasteiger charge is 2.34. The predicted molar refractivity (Wildman–Crippen MR) is 149 cm³/mol. The highest BCUT2D eigenvalue weighted by atomic mass is 35.5. The third-order valence-electron chi connectivity index (χ3n) is 7.10. The van der Waals surface area contributed by atoms with E-state index in [0.717, 1.165) is 35.8 Å². The van der Waals surface area contributed by atoms with Gasteiger partial charge in [0.05, 0.1) is 4.90 Å². The van der Waals surface area contributed by atoms with Crippen molar-refractivity contribution >= 4 is 55.4 Å². The predicted octanol–water partition coefficient (Wildman–Crippen LogP) is 4.48. The highest BCUT2D eigenvalue weighted by Crippen LogP contribution is 2.32. The maximum atomic E-state index is 13.6. The van der Waals surface area contributed by atoms with Crippen LogP contribution in [0.3, 0.4) is 0 Å². The van der Waals surface area contributed by atoms with E-state index in [-0.39, 0.29) is 22.9 Å². The van der Waals surface area contributed by atoms with Crippen LogP contribution < -0.4 is 14.5 Å². The van der Waals surface area contributed by atoms with Gasteiger partial charge >= 0.3 is 0 Å². The SMILES string of the molecule is CC1CN(c2ccc(S(=O)(=O)Nc3nccs3)cc2)CCN1C(=O)[C@@H](C)N1CCCc2cc(Cl)ccc21. The number of piperazine rings is 1. The summed E-state index contributed by atoms with van der Waals surface area (Å²) in [6.45, 7) is 6.87. The van der Waals surface area contributed by atoms with E-state index in [1.807, 2.05) is 42.2 Å². The molecule has 0 radical (unpaired) electrons. The summed E-state index contributed by atoms with van der Waals surface area (Å²) in [5, 5.41) is 2.78. The molecule has 1 fully saturated rings. The summed E-state index contributed by atoms with van der Waals surface area (Å²) in [7, 11) is -3.69. The first-order chi connectivity index (χ1) is 17.7. The summed E-state index contributed by atoms with van der Waals surface area (Å²) in [5.74, 6) is 0.129. The standard InChI is InChI=1S/C26H30ClN5O3S2/c1-18-17-30(22-6-8-23(9-7-22)37(34,35)29-26-28-11-15-36-26)13-14-31(18)25(33)19(2)32-12-3-4-20-16-21(27)5-10-24(20)32/h5-11,15-16,18-19H,3-4,12-14,17H2,1-2H3,(H,28,29)/t18?,19-/m1/s1. The number of thiazole rings is 1. The van der Waals surface area contributed by atoms with Crippen LogP contribution in [0.4, 0.5) is 16.5 Å². The Bertz CT molecular complexity index is 1370. The third-order valence-corrected chi connectivity index (χ3v) is 9.51. The number of nitrogens with zero attached hydrogens (tertiary/aromatic N) is 4. The van der Waals surface area contributed by atoms with Gasteiger partial charge in [0.1, 0.15) is 6.04 Å². The van der Waals surface area contributed by atoms with E-state index in [2.05, 4.69) is 26.4 Å². The quantitative estimate of drug-likeness (QED) is 0.479. The van der Waals surface area contributed by atoms with Crippen LogP contribution in [-0.2, 0) is 21.2 Å². The topological polar surface area (TPSA) is 85.9 Å². The summed E-state index contributed by atoms with van der Waals surface area (Å²) in [6.07, 6.45) is 3.53. The fraction of sp³-hybridized carbons (Fsp3) is 0.385. The lowest BCUT2D eigenvalue weighted by molar-refractivity contribution is -0.134. The molecule has 11 heteroatoms. The second-order valence-corrected chi connectivity index (χ2v) is 12.5. The van der Waals surface area contributed by atoms with Crippen molar-refractivity contribution in [3.8, 4) is 0 Å². The lowest BCUT2D eigenvalue weighted by atomic mass is 9.99. The monoisotopic (exact) mass is 559 g/mol. The van der Waals surface area contributed by atoms with E-state index in [4.69, 9.17) is 11.6 Å². The Kier molecular flexibility index (Phi) is 7.33. The molecular weight excluding hydrogens is 530 g/mol. The Morgan fingerprint density at radius 1 is 1.16 bits per heavy atom. The molecule has 2 atom stereocenters. The lowest BCUT2D eigenvalue weighted by Gasteiger charge is -2.44. The van der Waals surface area contributed by atoms with Crippen LogP contribution in [0.1, 0.15) is 25.8 Å². The van der Waals surface area contributed by atoms with Crippen molar-refractivity contribution in [1.29, 1.82) is 0 Å². The Balaban J connectivity index is 1.23. The van der Waals surface area contributed by atoms with Crippen LogP contribution in [-0.4, -0.2) is 62.5 Å². The summed E-state index contributed by atoms with van der Waals surface area (Å²) in [6, 6.07) is 12.5. The van der Waals surface area contributed by atoms with Crippen LogP contribution >= 0.6 is 22.9 Å². The fourth-order valence-electron chi connectivity index (χ4n) is 5.17. The number of benzene rings is 2. The van der Waals surface area contributed by atoms with Gasteiger partial charge in [-0.15, -0.1) is 11.3 Å². The minimum atomic E-state index is -3.69. The van der Waals surface area contributed by atoms with Crippen molar-refractivity contribution in [1.82, 2.24) is 9.88 Å². The Hall–Kier alpha value is -2.82. The van der Waals surface area contributed by atoms with E-state index < -0.39 is 10.0 Å². The molecule has 2 aliphatic rings. The number of hydrogen-bond acceptors (Lipinski definition) is 7. The molecule has 0 aliphatic carbocycles. The number of anilines is 3. The number of carbonyl (C=O) groups is 1. The molecule has 196 valence electrons. The molecule has 2 aromatic carbocycles. The van der Waals surface area contributed by atoms with Gasteiger partial charge in [-0.3, -0.25) is 9.52 Å². The number of nitrogens with one attached hydrogen (secondary N) is 1. The molecule has 1 amide bonds. The van der Waals surface area contributed by atoms with Crippen molar-refractivity contribution in [2.45, 2.75) is 43.7 Å². The van der Waals surface area contributed by atoms with Gasteiger partial charge in [-0.25, -0.2) is 13.4 Å². The van der Waals surface area contributed by atoms with Crippen LogP contribution in [0, 0.1) is 0 Å². The van der Waals surface area contributed by atoms with Crippen LogP contribution in [0.5, 0.6) is 0 Å². The number of aromatic nitrogens is 1. The van der Waals surface area contributed by atoms with Crippen molar-refractivity contribution in [3.05, 3.63) is 64.6 Å². The molecular formula is C26H30ClN5O3S2. The Morgan fingerprint density at radius 2 is 1.95 bits per heavy atom. The second kappa shape index (κ2) is 10.5. The van der Waals surface area contributed by atoms with Crippen molar-refractivity contribution in [2.24, 2.45) is 0 Å². The summed E-state index contributed by atoms with van der Waals surface area (Å²) < 4.78 is 27.8. The first-order valence-electron chi connectivity index (χ1n) is 12.4. The molecule has 1 unspecified atom stereocenters. The average molecular weight is 560 g/mol. The second-order valence-electron chi connectivity index (χ2n) is 9.51. The van der Waals surface area contributed by atoms with Crippen molar-refractivity contribution in [2.75, 3.05) is 40.7 Å². The maximum absolute atomic E-state index is 13.6. The summed E-state index contributed by atoms with van der Waals surface area (Å²) >= 11 is 7.43. The zero-order valence-electron chi connectivity index (χ0n) is 20.8. The minimum absolute atomic E-state index is 0.0214. The first-order valence-corrected chi connectivity index (χ1v) is 15.1. The number of aryl methyl sites for hydroxylation is 1. The van der Waals surface area contributed by atoms with Crippen LogP contribution in [0.25, 0.3) is 0 Å². The lowest BCUT2D eigenvalue weighted by Crippen LogP contribution is -2.58. The summed E-state index contributed by atoms with van der Waals surface area (Å²) in [4.78, 5) is 24.1. The number of amides is 1. The molecule has 0 spiro atoms. The smallest absolute Gasteiger partial charge is 0.263 e. The molecule has 1 aromatic heterocycles. The van der Waals surface area contributed by atoms with Gasteiger partial charge in [0.15, 0.2) is 5.13 Å². The van der Waals surface area contributed by atoms with E-state index in [9.17, 15) is 13.2 Å². The maximum Gasteiger partial charge on any atom is 0.263 e. The number of hydrogen-bond donors (Lipinski definition) is 1.